The van der Waals surface area contributed by atoms with Crippen LogP contribution in [0.2, 0.25) is 5.02 Å². The fraction of sp³-hybridized carbons (Fsp3) is 0.394. The molecule has 0 spiro atoms. The Balaban J connectivity index is 1.09. The average Bonchev–Trinajstić information content (AvgIpc) is 3.56. The second-order valence-electron chi connectivity index (χ2n) is 11.6. The first-order chi connectivity index (χ1) is 21.7. The molecule has 1 saturated heterocycles. The summed E-state index contributed by atoms with van der Waals surface area (Å²) >= 11 is 9.61. The number of benzene rings is 3. The van der Waals surface area contributed by atoms with E-state index in [1.54, 1.807) is 42.5 Å². The summed E-state index contributed by atoms with van der Waals surface area (Å²) in [4.78, 5) is 27.7. The Bertz CT molecular complexity index is 1590. The van der Waals surface area contributed by atoms with Crippen LogP contribution >= 0.6 is 27.5 Å². The van der Waals surface area contributed by atoms with Gasteiger partial charge in [0.25, 0.3) is 15.9 Å². The van der Waals surface area contributed by atoms with Gasteiger partial charge in [-0.25, -0.2) is 8.42 Å². The molecule has 240 valence electrons. The van der Waals surface area contributed by atoms with Crippen LogP contribution in [0.15, 0.2) is 76.1 Å². The van der Waals surface area contributed by atoms with Gasteiger partial charge < -0.3 is 20.3 Å². The molecule has 3 aromatic carbocycles. The highest BCUT2D eigenvalue weighted by atomic mass is 79.9. The van der Waals surface area contributed by atoms with E-state index in [9.17, 15) is 18.0 Å². The Morgan fingerprint density at radius 3 is 2.36 bits per heavy atom. The van der Waals surface area contributed by atoms with Crippen molar-refractivity contribution >= 4 is 55.1 Å². The van der Waals surface area contributed by atoms with E-state index in [0.29, 0.717) is 10.8 Å². The van der Waals surface area contributed by atoms with Crippen molar-refractivity contribution in [2.24, 2.45) is 5.92 Å². The fourth-order valence-corrected chi connectivity index (χ4v) is 7.60. The lowest BCUT2D eigenvalue weighted by atomic mass is 9.84. The van der Waals surface area contributed by atoms with Gasteiger partial charge >= 0.3 is 0 Å². The van der Waals surface area contributed by atoms with Crippen LogP contribution in [-0.4, -0.2) is 57.4 Å². The lowest BCUT2D eigenvalue weighted by Crippen LogP contribution is -2.43. The van der Waals surface area contributed by atoms with Crippen molar-refractivity contribution in [3.05, 3.63) is 81.8 Å². The molecule has 2 fully saturated rings. The highest BCUT2D eigenvalue weighted by Crippen LogP contribution is 2.36. The maximum absolute atomic E-state index is 13.2. The van der Waals surface area contributed by atoms with E-state index in [1.165, 1.54) is 63.2 Å². The zero-order valence-electron chi connectivity index (χ0n) is 24.9. The third kappa shape index (κ3) is 9.45. The second kappa shape index (κ2) is 15.4. The van der Waals surface area contributed by atoms with E-state index in [-0.39, 0.29) is 40.4 Å². The third-order valence-corrected chi connectivity index (χ3v) is 10.5. The number of hydrogen-bond donors (Lipinski definition) is 3. The number of nitrogens with zero attached hydrogens (tertiary/aromatic N) is 1. The van der Waals surface area contributed by atoms with Gasteiger partial charge in [0.05, 0.1) is 22.2 Å². The van der Waals surface area contributed by atoms with Crippen molar-refractivity contribution in [3.63, 3.8) is 0 Å². The normalized spacial score (nSPS) is 18.7. The molecule has 1 aliphatic heterocycles. The predicted octanol–water partition coefficient (Wildman–Crippen LogP) is 6.59. The van der Waals surface area contributed by atoms with Gasteiger partial charge in [0, 0.05) is 16.1 Å². The molecular weight excluding hydrogens is 680 g/mol. The Hall–Kier alpha value is -3.12. The van der Waals surface area contributed by atoms with Crippen LogP contribution in [0.3, 0.4) is 0 Å². The van der Waals surface area contributed by atoms with Crippen LogP contribution < -0.4 is 20.1 Å². The highest BCUT2D eigenvalue weighted by molar-refractivity contribution is 9.10. The first-order valence-electron chi connectivity index (χ1n) is 15.3. The number of anilines is 1. The van der Waals surface area contributed by atoms with E-state index >= 15 is 0 Å². The van der Waals surface area contributed by atoms with Crippen molar-refractivity contribution in [2.45, 2.75) is 55.9 Å². The monoisotopic (exact) mass is 716 g/mol. The predicted molar refractivity (Wildman–Crippen MR) is 179 cm³/mol. The molecule has 3 N–H and O–H groups in total. The first kappa shape index (κ1) is 33.2. The lowest BCUT2D eigenvalue weighted by molar-refractivity contribution is -0.121. The molecule has 12 heteroatoms. The summed E-state index contributed by atoms with van der Waals surface area (Å²) in [5.41, 5.74) is 0.466. The largest absolute Gasteiger partial charge is 0.454 e. The Kier molecular flexibility index (Phi) is 11.4. The number of amides is 2. The molecule has 0 atom stereocenters. The van der Waals surface area contributed by atoms with Gasteiger partial charge in [0.15, 0.2) is 5.75 Å². The number of para-hydroxylation sites is 2. The number of likely N-dealkylation sites (tertiary alicyclic amines) is 1. The average molecular weight is 718 g/mol. The molecule has 1 saturated carbocycles. The maximum Gasteiger partial charge on any atom is 0.262 e. The van der Waals surface area contributed by atoms with Crippen molar-refractivity contribution in [3.8, 4) is 11.5 Å². The van der Waals surface area contributed by atoms with E-state index < -0.39 is 15.9 Å². The van der Waals surface area contributed by atoms with Gasteiger partial charge in [-0.3, -0.25) is 14.3 Å². The minimum absolute atomic E-state index is 0.0377. The molecule has 1 heterocycles. The number of sulfonamides is 1. The molecule has 5 rings (SSSR count). The number of carbonyl (C=O) groups excluding carboxylic acids is 2. The number of rotatable bonds is 12. The van der Waals surface area contributed by atoms with Crippen LogP contribution in [-0.2, 0) is 14.8 Å². The fourth-order valence-electron chi connectivity index (χ4n) is 5.81. The smallest absolute Gasteiger partial charge is 0.262 e. The zero-order chi connectivity index (χ0) is 31.8. The van der Waals surface area contributed by atoms with Gasteiger partial charge in [-0.05, 0) is 125 Å². The molecule has 9 nitrogen and oxygen atoms in total. The molecule has 0 radical (unpaired) electrons. The van der Waals surface area contributed by atoms with E-state index in [1.807, 2.05) is 0 Å². The number of nitrogens with one attached hydrogen (secondary N) is 3. The van der Waals surface area contributed by atoms with Crippen LogP contribution in [0.4, 0.5) is 5.69 Å². The molecule has 0 bridgehead atoms. The van der Waals surface area contributed by atoms with Crippen LogP contribution in [0.1, 0.15) is 55.3 Å². The zero-order valence-corrected chi connectivity index (χ0v) is 28.1. The second-order valence-corrected chi connectivity index (χ2v) is 14.6. The van der Waals surface area contributed by atoms with Crippen molar-refractivity contribution < 1.29 is 22.7 Å². The highest BCUT2D eigenvalue weighted by Gasteiger charge is 2.24. The molecule has 3 aromatic rings. The summed E-state index contributed by atoms with van der Waals surface area (Å²) in [6, 6.07) is 17.4. The molecule has 0 unspecified atom stereocenters. The van der Waals surface area contributed by atoms with Gasteiger partial charge in [-0.2, -0.15) is 0 Å². The summed E-state index contributed by atoms with van der Waals surface area (Å²) in [5.74, 6) is 0.673. The standard InChI is InChI=1S/C33H38BrClN4O5S/c34-25-11-16-30(28(35)21-25)44-31-6-2-1-5-29(31)38-45(42,43)27-14-9-24(10-15-27)33(41)36-22-32(40)37-26-12-7-23(8-13-26)17-20-39-18-3-4-19-39/h1-2,5-6,9-11,14-16,21,23,26,38H,3-4,7-8,12-13,17-20,22H2,(H,36,41)(H,37,40)/t23-,26-. The minimum atomic E-state index is -4.01. The molecule has 2 amide bonds. The van der Waals surface area contributed by atoms with Crippen LogP contribution in [0, 0.1) is 5.92 Å². The Labute approximate surface area is 278 Å². The summed E-state index contributed by atoms with van der Waals surface area (Å²) in [6.45, 7) is 3.50. The van der Waals surface area contributed by atoms with Gasteiger partial charge in [-0.1, -0.05) is 39.7 Å². The molecule has 1 aliphatic carbocycles. The van der Waals surface area contributed by atoms with E-state index in [4.69, 9.17) is 16.3 Å². The number of hydrogen-bond acceptors (Lipinski definition) is 6. The topological polar surface area (TPSA) is 117 Å². The van der Waals surface area contributed by atoms with Crippen LogP contribution in [0.5, 0.6) is 11.5 Å². The van der Waals surface area contributed by atoms with Gasteiger partial charge in [-0.15, -0.1) is 0 Å². The molecule has 2 aliphatic rings. The number of halogens is 2. The van der Waals surface area contributed by atoms with E-state index in [0.717, 1.165) is 36.1 Å². The van der Waals surface area contributed by atoms with Crippen LogP contribution in [0.25, 0.3) is 0 Å². The summed E-state index contributed by atoms with van der Waals surface area (Å²) in [6.07, 6.45) is 8.03. The summed E-state index contributed by atoms with van der Waals surface area (Å²) in [5, 5.41) is 6.04. The van der Waals surface area contributed by atoms with E-state index in [2.05, 4.69) is 36.2 Å². The van der Waals surface area contributed by atoms with Crippen molar-refractivity contribution in [2.75, 3.05) is 30.9 Å². The summed E-state index contributed by atoms with van der Waals surface area (Å²) < 4.78 is 35.5. The number of ether oxygens (including phenoxy) is 1. The molecule has 0 aromatic heterocycles. The SMILES string of the molecule is O=C(CNC(=O)c1ccc(S(=O)(=O)Nc2ccccc2Oc2ccc(Br)cc2Cl)cc1)N[C@H]1CC[C@H](CCN2CCCC2)CC1. The quantitative estimate of drug-likeness (QED) is 0.195. The minimum Gasteiger partial charge on any atom is -0.454 e. The Morgan fingerprint density at radius 2 is 1.64 bits per heavy atom. The maximum atomic E-state index is 13.2. The van der Waals surface area contributed by atoms with Crippen molar-refractivity contribution in [1.29, 1.82) is 0 Å². The van der Waals surface area contributed by atoms with Crippen molar-refractivity contribution in [1.82, 2.24) is 15.5 Å². The number of carbonyl (C=O) groups is 2. The molecule has 45 heavy (non-hydrogen) atoms. The molecular formula is C33H38BrClN4O5S. The Morgan fingerprint density at radius 1 is 0.933 bits per heavy atom. The van der Waals surface area contributed by atoms with Gasteiger partial charge in [0.1, 0.15) is 5.75 Å². The third-order valence-electron chi connectivity index (χ3n) is 8.35. The first-order valence-corrected chi connectivity index (χ1v) is 18.0. The van der Waals surface area contributed by atoms with Gasteiger partial charge in [0.2, 0.25) is 5.91 Å². The summed E-state index contributed by atoms with van der Waals surface area (Å²) in [7, 11) is -4.01. The lowest BCUT2D eigenvalue weighted by Gasteiger charge is -2.30.